The molecule has 0 amide bonds. The van der Waals surface area contributed by atoms with Gasteiger partial charge in [-0.2, -0.15) is 5.10 Å². The molecule has 3 aromatic carbocycles. The molecule has 0 N–H and O–H groups in total. The minimum absolute atomic E-state index is 0.0577. The number of benzene rings is 3. The lowest BCUT2D eigenvalue weighted by molar-refractivity contribution is 0.627. The Kier molecular flexibility index (Phi) is 3.94. The highest BCUT2D eigenvalue weighted by atomic mass is 32.1. The van der Waals surface area contributed by atoms with Crippen LogP contribution < -0.4 is 5.01 Å². The number of hydrogen-bond acceptors (Lipinski definition) is 4. The molecule has 3 nitrogen and oxygen atoms in total. The van der Waals surface area contributed by atoms with E-state index in [-0.39, 0.29) is 11.9 Å². The van der Waals surface area contributed by atoms with Gasteiger partial charge in [-0.05, 0) is 34.0 Å². The van der Waals surface area contributed by atoms with Crippen molar-refractivity contribution >= 4 is 33.0 Å². The van der Waals surface area contributed by atoms with E-state index in [1.165, 1.54) is 28.5 Å². The van der Waals surface area contributed by atoms with Crippen LogP contribution in [-0.2, 0) is 0 Å². The number of hydrazone groups is 1. The first-order valence-electron chi connectivity index (χ1n) is 8.79. The molecule has 1 unspecified atom stereocenters. The van der Waals surface area contributed by atoms with E-state index in [1.54, 1.807) is 29.7 Å². The molecule has 5 heteroatoms. The molecule has 0 saturated heterocycles. The molecule has 132 valence electrons. The van der Waals surface area contributed by atoms with Crippen molar-refractivity contribution in [1.29, 1.82) is 0 Å². The molecular weight excluding hydrogens is 357 g/mol. The Bertz CT molecular complexity index is 1110. The Labute approximate surface area is 160 Å². The summed E-state index contributed by atoms with van der Waals surface area (Å²) in [4.78, 5) is 4.47. The monoisotopic (exact) mass is 373 g/mol. The molecule has 1 aliphatic heterocycles. The Morgan fingerprint density at radius 1 is 0.963 bits per heavy atom. The van der Waals surface area contributed by atoms with Crippen molar-refractivity contribution in [2.45, 2.75) is 12.5 Å². The van der Waals surface area contributed by atoms with Crippen molar-refractivity contribution in [3.05, 3.63) is 95.3 Å². The van der Waals surface area contributed by atoms with E-state index in [0.717, 1.165) is 22.8 Å². The first kappa shape index (κ1) is 16.1. The van der Waals surface area contributed by atoms with Crippen LogP contribution in [0.1, 0.15) is 23.6 Å². The third kappa shape index (κ3) is 2.90. The fraction of sp³-hybridized carbons (Fsp3) is 0.0909. The third-order valence-corrected chi connectivity index (χ3v) is 5.65. The largest absolute Gasteiger partial charge is 0.231 e. The Hall–Kier alpha value is -3.05. The highest BCUT2D eigenvalue weighted by Gasteiger charge is 2.32. The van der Waals surface area contributed by atoms with Gasteiger partial charge in [0.2, 0.25) is 5.13 Å². The smallest absolute Gasteiger partial charge is 0.206 e. The van der Waals surface area contributed by atoms with E-state index in [9.17, 15) is 4.39 Å². The summed E-state index contributed by atoms with van der Waals surface area (Å²) in [5.74, 6) is -0.236. The standard InChI is InChI=1S/C22H16FN3S/c23-17-10-8-16(9-11-17)20-14-21(26(25-20)22-24-12-13-27-22)19-7-3-5-15-4-1-2-6-18(15)19/h1-13,21H,14H2. The van der Waals surface area contributed by atoms with Gasteiger partial charge in [-0.25, -0.2) is 14.4 Å². The van der Waals surface area contributed by atoms with E-state index >= 15 is 0 Å². The molecule has 0 saturated carbocycles. The zero-order chi connectivity index (χ0) is 18.2. The summed E-state index contributed by atoms with van der Waals surface area (Å²) in [5, 5.41) is 12.1. The second kappa shape index (κ2) is 6.59. The second-order valence-electron chi connectivity index (χ2n) is 6.50. The SMILES string of the molecule is Fc1ccc(C2=NN(c3nccs3)C(c3cccc4ccccc34)C2)cc1. The van der Waals surface area contributed by atoms with E-state index in [2.05, 4.69) is 47.4 Å². The number of fused-ring (bicyclic) bond motifs is 1. The average Bonchev–Trinajstić information content (AvgIpc) is 3.38. The number of thiazole rings is 1. The molecule has 1 aliphatic rings. The maximum absolute atomic E-state index is 13.3. The van der Waals surface area contributed by atoms with Crippen molar-refractivity contribution in [3.63, 3.8) is 0 Å². The van der Waals surface area contributed by atoms with Crippen LogP contribution in [-0.4, -0.2) is 10.7 Å². The summed E-state index contributed by atoms with van der Waals surface area (Å²) in [7, 11) is 0. The minimum Gasteiger partial charge on any atom is -0.231 e. The normalized spacial score (nSPS) is 16.7. The van der Waals surface area contributed by atoms with Gasteiger partial charge in [-0.1, -0.05) is 54.6 Å². The predicted octanol–water partition coefficient (Wildman–Crippen LogP) is 5.79. The van der Waals surface area contributed by atoms with Crippen LogP contribution in [0.15, 0.2) is 83.4 Å². The molecule has 0 fully saturated rings. The van der Waals surface area contributed by atoms with Gasteiger partial charge >= 0.3 is 0 Å². The van der Waals surface area contributed by atoms with Crippen LogP contribution in [0.4, 0.5) is 9.52 Å². The molecule has 0 radical (unpaired) electrons. The summed E-state index contributed by atoms with van der Waals surface area (Å²) >= 11 is 1.57. The third-order valence-electron chi connectivity index (χ3n) is 4.89. The summed E-state index contributed by atoms with van der Waals surface area (Å²) in [5.41, 5.74) is 3.12. The van der Waals surface area contributed by atoms with E-state index in [1.807, 2.05) is 10.4 Å². The number of rotatable bonds is 3. The summed E-state index contributed by atoms with van der Waals surface area (Å²) in [6.45, 7) is 0. The summed E-state index contributed by atoms with van der Waals surface area (Å²) < 4.78 is 13.3. The fourth-order valence-electron chi connectivity index (χ4n) is 3.62. The maximum Gasteiger partial charge on any atom is 0.206 e. The highest BCUT2D eigenvalue weighted by molar-refractivity contribution is 7.13. The van der Waals surface area contributed by atoms with Crippen LogP contribution in [0.25, 0.3) is 10.8 Å². The van der Waals surface area contributed by atoms with Gasteiger partial charge in [0.1, 0.15) is 5.82 Å². The number of halogens is 1. The van der Waals surface area contributed by atoms with E-state index in [0.29, 0.717) is 0 Å². The zero-order valence-corrected chi connectivity index (χ0v) is 15.2. The van der Waals surface area contributed by atoms with Crippen LogP contribution in [0.5, 0.6) is 0 Å². The maximum atomic E-state index is 13.3. The van der Waals surface area contributed by atoms with Gasteiger partial charge in [0.15, 0.2) is 0 Å². The first-order chi connectivity index (χ1) is 13.3. The van der Waals surface area contributed by atoms with Gasteiger partial charge in [0.05, 0.1) is 11.8 Å². The van der Waals surface area contributed by atoms with Crippen LogP contribution in [0.3, 0.4) is 0 Å². The molecule has 0 aliphatic carbocycles. The summed E-state index contributed by atoms with van der Waals surface area (Å²) in [6.07, 6.45) is 2.55. The average molecular weight is 373 g/mol. The quantitative estimate of drug-likeness (QED) is 0.455. The Morgan fingerprint density at radius 2 is 1.78 bits per heavy atom. The molecule has 27 heavy (non-hydrogen) atoms. The molecule has 0 spiro atoms. The minimum atomic E-state index is -0.236. The van der Waals surface area contributed by atoms with Gasteiger partial charge < -0.3 is 0 Å². The molecule has 4 aromatic rings. The lowest BCUT2D eigenvalue weighted by Crippen LogP contribution is -2.18. The molecule has 2 heterocycles. The molecular formula is C22H16FN3S. The van der Waals surface area contributed by atoms with Gasteiger partial charge in [-0.3, -0.25) is 0 Å². The van der Waals surface area contributed by atoms with Gasteiger partial charge in [0.25, 0.3) is 0 Å². The first-order valence-corrected chi connectivity index (χ1v) is 9.67. The topological polar surface area (TPSA) is 28.5 Å². The Morgan fingerprint density at radius 3 is 2.59 bits per heavy atom. The van der Waals surface area contributed by atoms with Crippen LogP contribution >= 0.6 is 11.3 Å². The summed E-state index contributed by atoms with van der Waals surface area (Å²) in [6, 6.07) is 21.4. The lowest BCUT2D eigenvalue weighted by Gasteiger charge is -2.22. The molecule has 0 bridgehead atoms. The predicted molar refractivity (Wildman–Crippen MR) is 109 cm³/mol. The lowest BCUT2D eigenvalue weighted by atomic mass is 9.94. The number of anilines is 1. The van der Waals surface area contributed by atoms with Crippen molar-refractivity contribution in [2.75, 3.05) is 5.01 Å². The molecule has 1 aromatic heterocycles. The fourth-order valence-corrected chi connectivity index (χ4v) is 4.26. The van der Waals surface area contributed by atoms with E-state index in [4.69, 9.17) is 5.10 Å². The van der Waals surface area contributed by atoms with Crippen molar-refractivity contribution in [3.8, 4) is 0 Å². The molecule has 1 atom stereocenters. The Balaban J connectivity index is 1.62. The van der Waals surface area contributed by atoms with Crippen molar-refractivity contribution in [2.24, 2.45) is 5.10 Å². The second-order valence-corrected chi connectivity index (χ2v) is 7.37. The van der Waals surface area contributed by atoms with Crippen molar-refractivity contribution < 1.29 is 4.39 Å². The van der Waals surface area contributed by atoms with E-state index < -0.39 is 0 Å². The zero-order valence-electron chi connectivity index (χ0n) is 14.4. The molecule has 5 rings (SSSR count). The number of aromatic nitrogens is 1. The van der Waals surface area contributed by atoms with Crippen LogP contribution in [0, 0.1) is 5.82 Å². The number of hydrogen-bond donors (Lipinski definition) is 0. The van der Waals surface area contributed by atoms with Gasteiger partial charge in [0, 0.05) is 18.0 Å². The van der Waals surface area contributed by atoms with Crippen LogP contribution in [0.2, 0.25) is 0 Å². The van der Waals surface area contributed by atoms with Crippen molar-refractivity contribution in [1.82, 2.24) is 4.98 Å². The highest BCUT2D eigenvalue weighted by Crippen LogP contribution is 2.39. The number of nitrogens with zero attached hydrogens (tertiary/aromatic N) is 3. The van der Waals surface area contributed by atoms with Gasteiger partial charge in [-0.15, -0.1) is 11.3 Å².